The maximum Gasteiger partial charge on any atom is 0.0724 e. The van der Waals surface area contributed by atoms with Crippen molar-refractivity contribution in [3.8, 4) is 0 Å². The number of rotatable bonds is 11. The average Bonchev–Trinajstić information content (AvgIpc) is 2.85. The highest BCUT2D eigenvalue weighted by Crippen LogP contribution is 2.30. The van der Waals surface area contributed by atoms with Gasteiger partial charge in [0.25, 0.3) is 0 Å². The minimum Gasteiger partial charge on any atom is -0.385 e. The van der Waals surface area contributed by atoms with Gasteiger partial charge >= 0.3 is 0 Å². The molecule has 0 amide bonds. The molecule has 1 fully saturated rings. The van der Waals surface area contributed by atoms with Crippen LogP contribution >= 0.6 is 0 Å². The van der Waals surface area contributed by atoms with E-state index < -0.39 is 0 Å². The standard InChI is InChI=1S/C20H41NO3/c1-9-20(6,11-13-23-19(4,5)10-12-22-8)24-17-14-18(16(2)3)21(7)15-17/h16-18H,9-15H2,1-8H3/t17-,18+,20?/m1/s1. The fourth-order valence-corrected chi connectivity index (χ4v) is 3.53. The largest absolute Gasteiger partial charge is 0.385 e. The number of likely N-dealkylation sites (N-methyl/N-ethyl adjacent to an activating group) is 1. The monoisotopic (exact) mass is 343 g/mol. The minimum atomic E-state index is -0.138. The van der Waals surface area contributed by atoms with E-state index in [1.807, 2.05) is 0 Å². The van der Waals surface area contributed by atoms with Crippen molar-refractivity contribution in [2.75, 3.05) is 33.9 Å². The van der Waals surface area contributed by atoms with Crippen LogP contribution < -0.4 is 0 Å². The Kier molecular flexibility index (Phi) is 8.67. The Bertz CT molecular complexity index is 359. The van der Waals surface area contributed by atoms with Crippen molar-refractivity contribution in [3.63, 3.8) is 0 Å². The second kappa shape index (κ2) is 9.51. The number of hydrogen-bond acceptors (Lipinski definition) is 4. The molecule has 1 saturated heterocycles. The molecule has 0 saturated carbocycles. The summed E-state index contributed by atoms with van der Waals surface area (Å²) in [5.74, 6) is 0.682. The van der Waals surface area contributed by atoms with Gasteiger partial charge in [-0.3, -0.25) is 0 Å². The summed E-state index contributed by atoms with van der Waals surface area (Å²) >= 11 is 0. The first-order valence-electron chi connectivity index (χ1n) is 9.63. The highest BCUT2D eigenvalue weighted by molar-refractivity contribution is 4.88. The Labute approximate surface area is 150 Å². The van der Waals surface area contributed by atoms with Crippen molar-refractivity contribution in [2.45, 2.75) is 90.6 Å². The second-order valence-electron chi connectivity index (χ2n) is 8.63. The van der Waals surface area contributed by atoms with E-state index in [1.165, 1.54) is 0 Å². The van der Waals surface area contributed by atoms with E-state index in [0.29, 0.717) is 18.1 Å². The molecule has 1 aliphatic rings. The lowest BCUT2D eigenvalue weighted by atomic mass is 9.97. The van der Waals surface area contributed by atoms with Crippen molar-refractivity contribution < 1.29 is 14.2 Å². The molecule has 24 heavy (non-hydrogen) atoms. The highest BCUT2D eigenvalue weighted by Gasteiger charge is 2.36. The normalized spacial score (nSPS) is 25.4. The predicted molar refractivity (Wildman–Crippen MR) is 101 cm³/mol. The van der Waals surface area contributed by atoms with Gasteiger partial charge in [0.05, 0.1) is 23.9 Å². The van der Waals surface area contributed by atoms with Gasteiger partial charge in [-0.1, -0.05) is 20.8 Å². The average molecular weight is 344 g/mol. The van der Waals surface area contributed by atoms with Crippen LogP contribution in [0.25, 0.3) is 0 Å². The molecule has 144 valence electrons. The van der Waals surface area contributed by atoms with Crippen LogP contribution in [0, 0.1) is 5.92 Å². The molecule has 0 aliphatic carbocycles. The van der Waals surface area contributed by atoms with Crippen molar-refractivity contribution in [1.82, 2.24) is 4.90 Å². The molecule has 4 heteroatoms. The number of likely N-dealkylation sites (tertiary alicyclic amines) is 1. The summed E-state index contributed by atoms with van der Waals surface area (Å²) in [5, 5.41) is 0. The van der Waals surface area contributed by atoms with E-state index in [9.17, 15) is 0 Å². The Hall–Kier alpha value is -0.160. The highest BCUT2D eigenvalue weighted by atomic mass is 16.5. The van der Waals surface area contributed by atoms with E-state index >= 15 is 0 Å². The van der Waals surface area contributed by atoms with Gasteiger partial charge in [-0.05, 0) is 59.4 Å². The molecule has 1 aliphatic heterocycles. The number of hydrogen-bond donors (Lipinski definition) is 0. The van der Waals surface area contributed by atoms with E-state index in [-0.39, 0.29) is 11.2 Å². The quantitative estimate of drug-likeness (QED) is 0.564. The summed E-state index contributed by atoms with van der Waals surface area (Å²) in [6, 6.07) is 0.639. The van der Waals surface area contributed by atoms with Gasteiger partial charge in [-0.2, -0.15) is 0 Å². The smallest absolute Gasteiger partial charge is 0.0724 e. The minimum absolute atomic E-state index is 0.102. The lowest BCUT2D eigenvalue weighted by Gasteiger charge is -2.34. The first kappa shape index (κ1) is 21.9. The van der Waals surface area contributed by atoms with Crippen LogP contribution in [0.1, 0.15) is 67.2 Å². The molecule has 0 aromatic rings. The Morgan fingerprint density at radius 2 is 1.79 bits per heavy atom. The topological polar surface area (TPSA) is 30.9 Å². The van der Waals surface area contributed by atoms with E-state index in [0.717, 1.165) is 45.4 Å². The third-order valence-corrected chi connectivity index (χ3v) is 5.56. The predicted octanol–water partition coefficient (Wildman–Crippen LogP) is 4.12. The van der Waals surface area contributed by atoms with Crippen molar-refractivity contribution in [3.05, 3.63) is 0 Å². The molecule has 4 nitrogen and oxygen atoms in total. The van der Waals surface area contributed by atoms with Crippen LogP contribution in [0.15, 0.2) is 0 Å². The molecule has 0 bridgehead atoms. The number of nitrogens with zero attached hydrogens (tertiary/aromatic N) is 1. The summed E-state index contributed by atoms with van der Waals surface area (Å²) in [5.41, 5.74) is -0.240. The van der Waals surface area contributed by atoms with E-state index in [2.05, 4.69) is 53.5 Å². The maximum absolute atomic E-state index is 6.55. The lowest BCUT2D eigenvalue weighted by molar-refractivity contribution is -0.111. The molecule has 0 aromatic heterocycles. The van der Waals surface area contributed by atoms with Crippen LogP contribution in [0.4, 0.5) is 0 Å². The summed E-state index contributed by atoms with van der Waals surface area (Å²) in [6.45, 7) is 15.8. The first-order chi connectivity index (χ1) is 11.1. The van der Waals surface area contributed by atoms with E-state index in [4.69, 9.17) is 14.2 Å². The summed E-state index contributed by atoms with van der Waals surface area (Å²) in [7, 11) is 3.96. The van der Waals surface area contributed by atoms with Crippen LogP contribution in [-0.2, 0) is 14.2 Å². The van der Waals surface area contributed by atoms with Gasteiger partial charge in [0.1, 0.15) is 0 Å². The fraction of sp³-hybridized carbons (Fsp3) is 1.00. The van der Waals surface area contributed by atoms with Gasteiger partial charge in [-0.15, -0.1) is 0 Å². The third kappa shape index (κ3) is 6.99. The van der Waals surface area contributed by atoms with Crippen LogP contribution in [0.2, 0.25) is 0 Å². The van der Waals surface area contributed by atoms with Crippen molar-refractivity contribution in [2.24, 2.45) is 5.92 Å². The van der Waals surface area contributed by atoms with Crippen LogP contribution in [0.5, 0.6) is 0 Å². The third-order valence-electron chi connectivity index (χ3n) is 5.56. The zero-order chi connectivity index (χ0) is 18.4. The van der Waals surface area contributed by atoms with Gasteiger partial charge in [0.2, 0.25) is 0 Å². The Morgan fingerprint density at radius 1 is 1.12 bits per heavy atom. The van der Waals surface area contributed by atoms with Gasteiger partial charge in [-0.25, -0.2) is 0 Å². The molecular formula is C20H41NO3. The number of ether oxygens (including phenoxy) is 3. The summed E-state index contributed by atoms with van der Waals surface area (Å²) in [4.78, 5) is 2.45. The zero-order valence-electron chi connectivity index (χ0n) is 17.4. The van der Waals surface area contributed by atoms with Gasteiger partial charge in [0.15, 0.2) is 0 Å². The number of methoxy groups -OCH3 is 1. The molecule has 0 spiro atoms. The molecule has 0 aromatic carbocycles. The SMILES string of the molecule is CCC(C)(CCOC(C)(C)CCOC)O[C@@H]1C[C@@H](C(C)C)N(C)C1. The second-order valence-corrected chi connectivity index (χ2v) is 8.63. The van der Waals surface area contributed by atoms with E-state index in [1.54, 1.807) is 7.11 Å². The molecule has 1 rings (SSSR count). The van der Waals surface area contributed by atoms with Gasteiger partial charge in [0, 0.05) is 26.3 Å². The molecule has 1 unspecified atom stereocenters. The lowest BCUT2D eigenvalue weighted by Crippen LogP contribution is -2.37. The Morgan fingerprint density at radius 3 is 2.29 bits per heavy atom. The summed E-state index contributed by atoms with van der Waals surface area (Å²) < 4.78 is 17.8. The molecular weight excluding hydrogens is 302 g/mol. The zero-order valence-corrected chi connectivity index (χ0v) is 17.4. The van der Waals surface area contributed by atoms with Crippen LogP contribution in [0.3, 0.4) is 0 Å². The Balaban J connectivity index is 2.46. The molecule has 1 heterocycles. The fourth-order valence-electron chi connectivity index (χ4n) is 3.53. The molecule has 3 atom stereocenters. The summed E-state index contributed by atoms with van der Waals surface area (Å²) in [6.07, 6.45) is 4.35. The van der Waals surface area contributed by atoms with Crippen molar-refractivity contribution in [1.29, 1.82) is 0 Å². The van der Waals surface area contributed by atoms with Crippen LogP contribution in [-0.4, -0.2) is 62.2 Å². The maximum atomic E-state index is 6.55. The van der Waals surface area contributed by atoms with Crippen molar-refractivity contribution >= 4 is 0 Å². The first-order valence-corrected chi connectivity index (χ1v) is 9.63. The van der Waals surface area contributed by atoms with Gasteiger partial charge < -0.3 is 19.1 Å². The molecule has 0 radical (unpaired) electrons. The molecule has 0 N–H and O–H groups in total.